The Bertz CT molecular complexity index is 406. The molecule has 0 saturated carbocycles. The lowest BCUT2D eigenvalue weighted by molar-refractivity contribution is -0.115. The van der Waals surface area contributed by atoms with E-state index in [4.69, 9.17) is 16.3 Å². The zero-order chi connectivity index (χ0) is 12.8. The van der Waals surface area contributed by atoms with Gasteiger partial charge < -0.3 is 15.4 Å². The van der Waals surface area contributed by atoms with Gasteiger partial charge in [0.15, 0.2) is 0 Å². The highest BCUT2D eigenvalue weighted by Gasteiger charge is 2.14. The fourth-order valence-electron chi connectivity index (χ4n) is 1.90. The highest BCUT2D eigenvalue weighted by atomic mass is 35.5. The summed E-state index contributed by atoms with van der Waals surface area (Å²) >= 11 is 5.97. The molecule has 1 aliphatic heterocycles. The summed E-state index contributed by atoms with van der Waals surface area (Å²) in [6, 6.07) is 7.58. The normalized spacial score (nSPS) is 16.5. The van der Waals surface area contributed by atoms with Crippen LogP contribution < -0.4 is 10.6 Å². The molecule has 0 atom stereocenters. The Morgan fingerprint density at radius 3 is 2.78 bits per heavy atom. The fraction of sp³-hybridized carbons (Fsp3) is 0.462. The number of carbonyl (C=O) groups is 1. The summed E-state index contributed by atoms with van der Waals surface area (Å²) in [5.74, 6) is -0.0745. The first-order valence-corrected chi connectivity index (χ1v) is 6.49. The maximum absolute atomic E-state index is 11.7. The van der Waals surface area contributed by atoms with Gasteiger partial charge in [-0.3, -0.25) is 4.79 Å². The van der Waals surface area contributed by atoms with Crippen molar-refractivity contribution in [3.8, 4) is 0 Å². The molecule has 1 aromatic rings. The third-order valence-corrected chi connectivity index (χ3v) is 3.25. The highest BCUT2D eigenvalue weighted by Crippen LogP contribution is 2.20. The first-order valence-electron chi connectivity index (χ1n) is 6.11. The summed E-state index contributed by atoms with van der Waals surface area (Å²) in [5, 5.41) is 6.56. The lowest BCUT2D eigenvalue weighted by Gasteiger charge is -2.22. The molecule has 18 heavy (non-hydrogen) atoms. The van der Waals surface area contributed by atoms with Gasteiger partial charge >= 0.3 is 0 Å². The summed E-state index contributed by atoms with van der Waals surface area (Å²) in [6.07, 6.45) is 1.92. The van der Waals surface area contributed by atoms with E-state index in [1.807, 2.05) is 12.1 Å². The monoisotopic (exact) mass is 268 g/mol. The smallest absolute Gasteiger partial charge is 0.238 e. The second-order valence-corrected chi connectivity index (χ2v) is 4.70. The summed E-state index contributed by atoms with van der Waals surface area (Å²) in [7, 11) is 0. The van der Waals surface area contributed by atoms with E-state index in [9.17, 15) is 4.79 Å². The average Bonchev–Trinajstić information content (AvgIpc) is 2.40. The number of hydrogen-bond acceptors (Lipinski definition) is 3. The molecule has 0 bridgehead atoms. The van der Waals surface area contributed by atoms with Gasteiger partial charge in [-0.2, -0.15) is 0 Å². The van der Waals surface area contributed by atoms with Gasteiger partial charge in [0, 0.05) is 19.3 Å². The van der Waals surface area contributed by atoms with Crippen LogP contribution in [0.5, 0.6) is 0 Å². The Kier molecular flexibility index (Phi) is 4.99. The Labute approximate surface area is 112 Å². The van der Waals surface area contributed by atoms with Crippen molar-refractivity contribution in [1.82, 2.24) is 5.32 Å². The van der Waals surface area contributed by atoms with Gasteiger partial charge in [0.1, 0.15) is 0 Å². The second-order valence-electron chi connectivity index (χ2n) is 4.30. The minimum Gasteiger partial charge on any atom is -0.381 e. The molecule has 0 spiro atoms. The number of hydrogen-bond donors (Lipinski definition) is 2. The van der Waals surface area contributed by atoms with E-state index in [-0.39, 0.29) is 5.91 Å². The maximum atomic E-state index is 11.7. The molecule has 4 nitrogen and oxygen atoms in total. The molecule has 1 amide bonds. The van der Waals surface area contributed by atoms with Crippen LogP contribution in [0, 0.1) is 0 Å². The van der Waals surface area contributed by atoms with Gasteiger partial charge in [-0.15, -0.1) is 0 Å². The maximum Gasteiger partial charge on any atom is 0.238 e. The van der Waals surface area contributed by atoms with Gasteiger partial charge in [-0.25, -0.2) is 0 Å². The molecule has 1 aromatic carbocycles. The number of nitrogens with one attached hydrogen (secondary N) is 2. The van der Waals surface area contributed by atoms with Crippen molar-refractivity contribution < 1.29 is 9.53 Å². The number of rotatable bonds is 4. The SMILES string of the molecule is O=C(CNC1CCOCC1)Nc1ccccc1Cl. The first kappa shape index (κ1) is 13.3. The minimum atomic E-state index is -0.0745. The van der Waals surface area contributed by atoms with Crippen LogP contribution >= 0.6 is 11.6 Å². The molecule has 1 saturated heterocycles. The van der Waals surface area contributed by atoms with Crippen molar-refractivity contribution in [1.29, 1.82) is 0 Å². The van der Waals surface area contributed by atoms with Crippen molar-refractivity contribution in [2.45, 2.75) is 18.9 Å². The van der Waals surface area contributed by atoms with Crippen molar-refractivity contribution in [2.24, 2.45) is 0 Å². The molecule has 5 heteroatoms. The zero-order valence-corrected chi connectivity index (χ0v) is 10.9. The van der Waals surface area contributed by atoms with E-state index in [0.29, 0.717) is 23.3 Å². The number of halogens is 1. The zero-order valence-electron chi connectivity index (χ0n) is 10.1. The van der Waals surface area contributed by atoms with E-state index in [0.717, 1.165) is 26.1 Å². The predicted octanol–water partition coefficient (Wildman–Crippen LogP) is 2.05. The largest absolute Gasteiger partial charge is 0.381 e. The third-order valence-electron chi connectivity index (χ3n) is 2.92. The number of benzene rings is 1. The molecule has 0 aliphatic carbocycles. The van der Waals surface area contributed by atoms with E-state index < -0.39 is 0 Å². The number of amides is 1. The van der Waals surface area contributed by atoms with Crippen LogP contribution in [0.3, 0.4) is 0 Å². The lowest BCUT2D eigenvalue weighted by atomic mass is 10.1. The Morgan fingerprint density at radius 2 is 2.06 bits per heavy atom. The Morgan fingerprint density at radius 1 is 1.33 bits per heavy atom. The average molecular weight is 269 g/mol. The Balaban J connectivity index is 1.76. The fourth-order valence-corrected chi connectivity index (χ4v) is 2.08. The van der Waals surface area contributed by atoms with Crippen LogP contribution in [-0.4, -0.2) is 31.7 Å². The highest BCUT2D eigenvalue weighted by molar-refractivity contribution is 6.33. The third kappa shape index (κ3) is 3.98. The van der Waals surface area contributed by atoms with E-state index in [1.54, 1.807) is 12.1 Å². The van der Waals surface area contributed by atoms with Crippen LogP contribution in [0.4, 0.5) is 5.69 Å². The van der Waals surface area contributed by atoms with Crippen molar-refractivity contribution in [3.05, 3.63) is 29.3 Å². The van der Waals surface area contributed by atoms with Crippen LogP contribution in [-0.2, 0) is 9.53 Å². The van der Waals surface area contributed by atoms with Crippen molar-refractivity contribution in [2.75, 3.05) is 25.1 Å². The van der Waals surface area contributed by atoms with E-state index >= 15 is 0 Å². The van der Waals surface area contributed by atoms with Crippen molar-refractivity contribution >= 4 is 23.2 Å². The van der Waals surface area contributed by atoms with Gasteiger partial charge in [0.05, 0.1) is 17.3 Å². The molecule has 1 aliphatic rings. The molecule has 1 fully saturated rings. The van der Waals surface area contributed by atoms with Crippen LogP contribution in [0.15, 0.2) is 24.3 Å². The van der Waals surface area contributed by atoms with E-state index in [1.165, 1.54) is 0 Å². The molecule has 0 radical (unpaired) electrons. The quantitative estimate of drug-likeness (QED) is 0.879. The second kappa shape index (κ2) is 6.73. The Hall–Kier alpha value is -1.10. The van der Waals surface area contributed by atoms with Crippen LogP contribution in [0.25, 0.3) is 0 Å². The number of para-hydroxylation sites is 1. The molecule has 98 valence electrons. The molecule has 0 aromatic heterocycles. The molecular formula is C13H17ClN2O2. The lowest BCUT2D eigenvalue weighted by Crippen LogP contribution is -2.39. The number of carbonyl (C=O) groups excluding carboxylic acids is 1. The van der Waals surface area contributed by atoms with Gasteiger partial charge in [0.25, 0.3) is 0 Å². The summed E-state index contributed by atoms with van der Waals surface area (Å²) in [4.78, 5) is 11.7. The predicted molar refractivity (Wildman–Crippen MR) is 71.9 cm³/mol. The molecule has 2 N–H and O–H groups in total. The standard InChI is InChI=1S/C13H17ClN2O2/c14-11-3-1-2-4-12(11)16-13(17)9-15-10-5-7-18-8-6-10/h1-4,10,15H,5-9H2,(H,16,17). The summed E-state index contributed by atoms with van der Waals surface area (Å²) in [5.41, 5.74) is 0.651. The first-order chi connectivity index (χ1) is 8.75. The van der Waals surface area contributed by atoms with Crippen LogP contribution in [0.1, 0.15) is 12.8 Å². The van der Waals surface area contributed by atoms with Crippen LogP contribution in [0.2, 0.25) is 5.02 Å². The molecule has 1 heterocycles. The summed E-state index contributed by atoms with van der Waals surface area (Å²) in [6.45, 7) is 1.84. The van der Waals surface area contributed by atoms with Gasteiger partial charge in [-0.05, 0) is 25.0 Å². The molecule has 2 rings (SSSR count). The molecular weight excluding hydrogens is 252 g/mol. The number of anilines is 1. The van der Waals surface area contributed by atoms with Gasteiger partial charge in [-0.1, -0.05) is 23.7 Å². The molecule has 0 unspecified atom stereocenters. The topological polar surface area (TPSA) is 50.4 Å². The van der Waals surface area contributed by atoms with Gasteiger partial charge in [0.2, 0.25) is 5.91 Å². The minimum absolute atomic E-state index is 0.0745. The van der Waals surface area contributed by atoms with Crippen molar-refractivity contribution in [3.63, 3.8) is 0 Å². The van der Waals surface area contributed by atoms with E-state index in [2.05, 4.69) is 10.6 Å². The summed E-state index contributed by atoms with van der Waals surface area (Å²) < 4.78 is 5.26. The number of ether oxygens (including phenoxy) is 1.